The standard InChI is InChI=1S/C6H13N.C4H10O2.C2H6/c7-6-4-2-1-3-5-6;1-6-4-2-3-5;1-2/h6H,1-5,7H2;5H,2-4H2,1H3;1-2H3. The van der Waals surface area contributed by atoms with Crippen LogP contribution in [-0.4, -0.2) is 31.5 Å². The normalized spacial score (nSPS) is 15.8. The number of ether oxygens (including phenoxy) is 1. The second-order valence-corrected chi connectivity index (χ2v) is 3.47. The van der Waals surface area contributed by atoms with Crippen molar-refractivity contribution in [1.82, 2.24) is 0 Å². The predicted molar refractivity (Wildman–Crippen MR) is 66.0 cm³/mol. The molecule has 0 unspecified atom stereocenters. The number of hydrogen-bond acceptors (Lipinski definition) is 3. The Labute approximate surface area is 95.0 Å². The second kappa shape index (κ2) is 16.3. The Kier molecular flexibility index (Phi) is 18.8. The predicted octanol–water partition coefficient (Wildman–Crippen LogP) is 2.32. The van der Waals surface area contributed by atoms with E-state index in [0.717, 1.165) is 6.42 Å². The fraction of sp³-hybridized carbons (Fsp3) is 1.00. The van der Waals surface area contributed by atoms with E-state index in [2.05, 4.69) is 4.74 Å². The van der Waals surface area contributed by atoms with Gasteiger partial charge in [-0.3, -0.25) is 0 Å². The van der Waals surface area contributed by atoms with Crippen LogP contribution in [0.4, 0.5) is 0 Å². The Balaban J connectivity index is 0. The summed E-state index contributed by atoms with van der Waals surface area (Å²) < 4.78 is 4.62. The molecule has 1 rings (SSSR count). The van der Waals surface area contributed by atoms with E-state index in [1.54, 1.807) is 7.11 Å². The van der Waals surface area contributed by atoms with Gasteiger partial charge in [0, 0.05) is 26.4 Å². The van der Waals surface area contributed by atoms with E-state index in [4.69, 9.17) is 10.8 Å². The molecule has 0 saturated heterocycles. The molecule has 0 spiro atoms. The van der Waals surface area contributed by atoms with Crippen molar-refractivity contribution in [1.29, 1.82) is 0 Å². The highest BCUT2D eigenvalue weighted by molar-refractivity contribution is 4.66. The van der Waals surface area contributed by atoms with Crippen molar-refractivity contribution >= 4 is 0 Å². The lowest BCUT2D eigenvalue weighted by atomic mass is 9.97. The summed E-state index contributed by atoms with van der Waals surface area (Å²) in [6.07, 6.45) is 7.41. The quantitative estimate of drug-likeness (QED) is 0.716. The zero-order chi connectivity index (χ0) is 11.9. The fourth-order valence-electron chi connectivity index (χ4n) is 1.34. The van der Waals surface area contributed by atoms with Crippen molar-refractivity contribution in [3.05, 3.63) is 0 Å². The first-order valence-electron chi connectivity index (χ1n) is 6.16. The number of hydrogen-bond donors (Lipinski definition) is 2. The summed E-state index contributed by atoms with van der Waals surface area (Å²) in [7, 11) is 1.62. The molecule has 0 atom stereocenters. The van der Waals surface area contributed by atoms with Crippen molar-refractivity contribution in [3.8, 4) is 0 Å². The lowest BCUT2D eigenvalue weighted by Gasteiger charge is -2.15. The molecule has 3 heteroatoms. The molecule has 1 saturated carbocycles. The van der Waals surface area contributed by atoms with Gasteiger partial charge in [-0.25, -0.2) is 0 Å². The number of aliphatic hydroxyl groups excluding tert-OH is 1. The first-order chi connectivity index (χ1) is 7.31. The molecule has 0 bridgehead atoms. The van der Waals surface area contributed by atoms with Gasteiger partial charge in [0.05, 0.1) is 0 Å². The highest BCUT2D eigenvalue weighted by Crippen LogP contribution is 2.14. The molecule has 1 aliphatic carbocycles. The van der Waals surface area contributed by atoms with Crippen LogP contribution in [0.3, 0.4) is 0 Å². The molecule has 0 heterocycles. The molecule has 1 aliphatic rings. The third-order valence-corrected chi connectivity index (χ3v) is 2.16. The Morgan fingerprint density at radius 2 is 1.73 bits per heavy atom. The molecular formula is C12H29NO2. The maximum atomic E-state index is 8.12. The second-order valence-electron chi connectivity index (χ2n) is 3.47. The summed E-state index contributed by atoms with van der Waals surface area (Å²) in [5.74, 6) is 0. The molecule has 3 nitrogen and oxygen atoms in total. The van der Waals surface area contributed by atoms with Crippen LogP contribution in [0, 0.1) is 0 Å². The van der Waals surface area contributed by atoms with Crippen molar-refractivity contribution in [2.75, 3.05) is 20.3 Å². The largest absolute Gasteiger partial charge is 0.396 e. The van der Waals surface area contributed by atoms with Crippen LogP contribution < -0.4 is 5.73 Å². The van der Waals surface area contributed by atoms with Gasteiger partial charge in [-0.1, -0.05) is 33.1 Å². The van der Waals surface area contributed by atoms with Crippen LogP contribution in [0.2, 0.25) is 0 Å². The van der Waals surface area contributed by atoms with Crippen molar-refractivity contribution < 1.29 is 9.84 Å². The number of nitrogens with two attached hydrogens (primary N) is 1. The number of methoxy groups -OCH3 is 1. The summed E-state index contributed by atoms with van der Waals surface area (Å²) in [4.78, 5) is 0. The molecule has 0 radical (unpaired) electrons. The molecule has 94 valence electrons. The van der Waals surface area contributed by atoms with Gasteiger partial charge in [-0.15, -0.1) is 0 Å². The van der Waals surface area contributed by atoms with E-state index in [9.17, 15) is 0 Å². The van der Waals surface area contributed by atoms with E-state index >= 15 is 0 Å². The number of rotatable bonds is 3. The summed E-state index contributed by atoms with van der Waals surface area (Å²) in [5.41, 5.74) is 5.63. The third-order valence-electron chi connectivity index (χ3n) is 2.16. The van der Waals surface area contributed by atoms with Gasteiger partial charge in [0.15, 0.2) is 0 Å². The molecule has 1 fully saturated rings. The SMILES string of the molecule is CC.COCCCO.NC1CCCCC1. The van der Waals surface area contributed by atoms with Crippen LogP contribution in [0.15, 0.2) is 0 Å². The summed E-state index contributed by atoms with van der Waals surface area (Å²) in [6, 6.07) is 0.536. The average Bonchev–Trinajstić information content (AvgIpc) is 2.31. The van der Waals surface area contributed by atoms with Gasteiger partial charge >= 0.3 is 0 Å². The van der Waals surface area contributed by atoms with Crippen molar-refractivity contribution in [2.24, 2.45) is 5.73 Å². The maximum absolute atomic E-state index is 8.12. The average molecular weight is 219 g/mol. The zero-order valence-corrected chi connectivity index (χ0v) is 10.7. The first kappa shape index (κ1) is 17.3. The van der Waals surface area contributed by atoms with Gasteiger partial charge in [0.2, 0.25) is 0 Å². The van der Waals surface area contributed by atoms with Crippen LogP contribution in [0.1, 0.15) is 52.4 Å². The van der Waals surface area contributed by atoms with Crippen molar-refractivity contribution in [2.45, 2.75) is 58.4 Å². The minimum absolute atomic E-state index is 0.230. The van der Waals surface area contributed by atoms with Crippen LogP contribution in [0.25, 0.3) is 0 Å². The van der Waals surface area contributed by atoms with Gasteiger partial charge in [0.1, 0.15) is 0 Å². The Hall–Kier alpha value is -0.120. The maximum Gasteiger partial charge on any atom is 0.0484 e. The molecular weight excluding hydrogens is 190 g/mol. The number of aliphatic hydroxyl groups is 1. The molecule has 0 aromatic carbocycles. The van der Waals surface area contributed by atoms with Crippen LogP contribution >= 0.6 is 0 Å². The van der Waals surface area contributed by atoms with E-state index in [0.29, 0.717) is 12.6 Å². The highest BCUT2D eigenvalue weighted by Gasteiger charge is 2.06. The van der Waals surface area contributed by atoms with Gasteiger partial charge in [-0.2, -0.15) is 0 Å². The van der Waals surface area contributed by atoms with E-state index in [1.165, 1.54) is 32.1 Å². The van der Waals surface area contributed by atoms with E-state index < -0.39 is 0 Å². The van der Waals surface area contributed by atoms with E-state index in [-0.39, 0.29) is 6.61 Å². The van der Waals surface area contributed by atoms with Gasteiger partial charge in [0.25, 0.3) is 0 Å². The molecule has 0 aromatic heterocycles. The summed E-state index contributed by atoms with van der Waals surface area (Å²) in [5, 5.41) is 8.12. The molecule has 0 aromatic rings. The monoisotopic (exact) mass is 219 g/mol. The Bertz CT molecular complexity index is 89.6. The minimum atomic E-state index is 0.230. The molecule has 0 aliphatic heterocycles. The Morgan fingerprint density at radius 3 is 1.93 bits per heavy atom. The van der Waals surface area contributed by atoms with Crippen molar-refractivity contribution in [3.63, 3.8) is 0 Å². The van der Waals surface area contributed by atoms with E-state index in [1.807, 2.05) is 13.8 Å². The van der Waals surface area contributed by atoms with Gasteiger partial charge in [-0.05, 0) is 19.3 Å². The lowest BCUT2D eigenvalue weighted by Crippen LogP contribution is -2.22. The highest BCUT2D eigenvalue weighted by atomic mass is 16.5. The molecule has 3 N–H and O–H groups in total. The summed E-state index contributed by atoms with van der Waals surface area (Å²) in [6.45, 7) is 4.89. The topological polar surface area (TPSA) is 55.5 Å². The minimum Gasteiger partial charge on any atom is -0.396 e. The fourth-order valence-corrected chi connectivity index (χ4v) is 1.34. The lowest BCUT2D eigenvalue weighted by molar-refractivity contribution is 0.166. The zero-order valence-electron chi connectivity index (χ0n) is 10.7. The van der Waals surface area contributed by atoms with Crippen LogP contribution in [-0.2, 0) is 4.74 Å². The van der Waals surface area contributed by atoms with Gasteiger partial charge < -0.3 is 15.6 Å². The first-order valence-corrected chi connectivity index (χ1v) is 6.16. The molecule has 15 heavy (non-hydrogen) atoms. The summed E-state index contributed by atoms with van der Waals surface area (Å²) >= 11 is 0. The van der Waals surface area contributed by atoms with Crippen LogP contribution in [0.5, 0.6) is 0 Å². The Morgan fingerprint density at radius 1 is 1.20 bits per heavy atom. The smallest absolute Gasteiger partial charge is 0.0484 e. The third kappa shape index (κ3) is 16.5. The molecule has 0 amide bonds.